The van der Waals surface area contributed by atoms with Crippen LogP contribution in [-0.2, 0) is 19.9 Å². The largest absolute Gasteiger partial charge is 0.496 e. The molecule has 0 N–H and O–H groups in total. The normalized spacial score (nSPS) is 20.7. The first-order valence-electron chi connectivity index (χ1n) is 7.62. The number of ether oxygens (including phenoxy) is 1. The number of halogens is 1. The van der Waals surface area contributed by atoms with Crippen molar-refractivity contribution in [1.82, 2.24) is 4.31 Å². The molecular formula is C15H22BrNO5S2. The average Bonchev–Trinajstić information content (AvgIpc) is 2.84. The number of methoxy groups -OCH3 is 1. The molecule has 1 aliphatic heterocycles. The lowest BCUT2D eigenvalue weighted by molar-refractivity contribution is 0.307. The van der Waals surface area contributed by atoms with Crippen molar-refractivity contribution < 1.29 is 21.6 Å². The van der Waals surface area contributed by atoms with Gasteiger partial charge in [-0.15, -0.1) is 0 Å². The maximum absolute atomic E-state index is 13.1. The van der Waals surface area contributed by atoms with E-state index in [1.807, 2.05) is 13.8 Å². The molecule has 9 heteroatoms. The van der Waals surface area contributed by atoms with Gasteiger partial charge in [0.05, 0.1) is 28.0 Å². The summed E-state index contributed by atoms with van der Waals surface area (Å²) in [5.41, 5.74) is 0. The molecule has 1 aromatic rings. The molecule has 0 aromatic heterocycles. The summed E-state index contributed by atoms with van der Waals surface area (Å²) in [6.45, 7) is 4.11. The van der Waals surface area contributed by atoms with Gasteiger partial charge < -0.3 is 4.74 Å². The van der Waals surface area contributed by atoms with E-state index >= 15 is 0 Å². The molecule has 0 radical (unpaired) electrons. The number of benzene rings is 1. The second-order valence-electron chi connectivity index (χ2n) is 6.32. The Hall–Kier alpha value is -0.640. The minimum absolute atomic E-state index is 0.0358. The number of sulfonamides is 1. The molecule has 1 heterocycles. The zero-order valence-electron chi connectivity index (χ0n) is 13.9. The van der Waals surface area contributed by atoms with Crippen molar-refractivity contribution in [3.63, 3.8) is 0 Å². The highest BCUT2D eigenvalue weighted by atomic mass is 79.9. The van der Waals surface area contributed by atoms with Crippen molar-refractivity contribution in [3.8, 4) is 5.75 Å². The average molecular weight is 440 g/mol. The van der Waals surface area contributed by atoms with E-state index < -0.39 is 25.9 Å². The van der Waals surface area contributed by atoms with Gasteiger partial charge in [0.2, 0.25) is 10.0 Å². The van der Waals surface area contributed by atoms with Crippen LogP contribution in [0.1, 0.15) is 20.3 Å². The summed E-state index contributed by atoms with van der Waals surface area (Å²) >= 11 is 3.30. The molecule has 136 valence electrons. The number of hydrogen-bond acceptors (Lipinski definition) is 5. The van der Waals surface area contributed by atoms with E-state index in [0.717, 1.165) is 0 Å². The van der Waals surface area contributed by atoms with Crippen LogP contribution in [0.3, 0.4) is 0 Å². The molecule has 0 amide bonds. The third-order valence-electron chi connectivity index (χ3n) is 3.89. The van der Waals surface area contributed by atoms with Crippen LogP contribution in [-0.4, -0.2) is 52.3 Å². The number of rotatable bonds is 6. The SMILES string of the molecule is COc1ccc(S(=O)(=O)N(CC(C)C)C2CCS(=O)(=O)C2)cc1Br. The second kappa shape index (κ2) is 7.31. The molecule has 1 aliphatic rings. The zero-order valence-corrected chi connectivity index (χ0v) is 17.1. The maximum Gasteiger partial charge on any atom is 0.243 e. The van der Waals surface area contributed by atoms with Crippen LogP contribution in [0.2, 0.25) is 0 Å². The molecule has 0 saturated carbocycles. The van der Waals surface area contributed by atoms with Crippen LogP contribution >= 0.6 is 15.9 Å². The predicted octanol–water partition coefficient (Wildman–Crippen LogP) is 2.29. The summed E-state index contributed by atoms with van der Waals surface area (Å²) in [4.78, 5) is 0.125. The van der Waals surface area contributed by atoms with Crippen molar-refractivity contribution in [2.75, 3.05) is 25.2 Å². The molecule has 1 aromatic carbocycles. The lowest BCUT2D eigenvalue weighted by Gasteiger charge is -2.29. The van der Waals surface area contributed by atoms with Gasteiger partial charge in [-0.3, -0.25) is 0 Å². The molecule has 0 spiro atoms. The highest BCUT2D eigenvalue weighted by molar-refractivity contribution is 9.10. The van der Waals surface area contributed by atoms with E-state index in [1.165, 1.54) is 23.5 Å². The Morgan fingerprint density at radius 2 is 2.04 bits per heavy atom. The fourth-order valence-electron chi connectivity index (χ4n) is 2.75. The lowest BCUT2D eigenvalue weighted by atomic mass is 10.2. The first-order chi connectivity index (χ1) is 11.1. The molecule has 1 atom stereocenters. The summed E-state index contributed by atoms with van der Waals surface area (Å²) in [5.74, 6) is 0.544. The van der Waals surface area contributed by atoms with E-state index in [1.54, 1.807) is 6.07 Å². The molecule has 0 bridgehead atoms. The van der Waals surface area contributed by atoms with Crippen LogP contribution < -0.4 is 4.74 Å². The van der Waals surface area contributed by atoms with Crippen LogP contribution in [0.25, 0.3) is 0 Å². The summed E-state index contributed by atoms with van der Waals surface area (Å²) in [5, 5.41) is 0. The molecule has 1 fully saturated rings. The fourth-order valence-corrected chi connectivity index (χ4v) is 7.11. The fraction of sp³-hybridized carbons (Fsp3) is 0.600. The Kier molecular flexibility index (Phi) is 5.99. The van der Waals surface area contributed by atoms with Crippen molar-refractivity contribution in [1.29, 1.82) is 0 Å². The quantitative estimate of drug-likeness (QED) is 0.678. The molecule has 0 aliphatic carbocycles. The van der Waals surface area contributed by atoms with E-state index in [9.17, 15) is 16.8 Å². The number of sulfone groups is 1. The predicted molar refractivity (Wildman–Crippen MR) is 96.5 cm³/mol. The monoisotopic (exact) mass is 439 g/mol. The van der Waals surface area contributed by atoms with E-state index in [0.29, 0.717) is 16.6 Å². The van der Waals surface area contributed by atoms with Gasteiger partial charge in [0.25, 0.3) is 0 Å². The van der Waals surface area contributed by atoms with Crippen LogP contribution in [0.15, 0.2) is 27.6 Å². The maximum atomic E-state index is 13.1. The summed E-state index contributed by atoms with van der Waals surface area (Å²) in [6, 6.07) is 4.04. The smallest absolute Gasteiger partial charge is 0.243 e. The highest BCUT2D eigenvalue weighted by Crippen LogP contribution is 2.31. The molecule has 6 nitrogen and oxygen atoms in total. The van der Waals surface area contributed by atoms with E-state index in [2.05, 4.69) is 15.9 Å². The van der Waals surface area contributed by atoms with Gasteiger partial charge in [-0.05, 0) is 46.5 Å². The van der Waals surface area contributed by atoms with Crippen LogP contribution in [0, 0.1) is 5.92 Å². The minimum Gasteiger partial charge on any atom is -0.496 e. The molecule has 1 saturated heterocycles. The Morgan fingerprint density at radius 1 is 1.38 bits per heavy atom. The molecule has 1 unspecified atom stereocenters. The van der Waals surface area contributed by atoms with Crippen molar-refractivity contribution in [2.45, 2.75) is 31.2 Å². The van der Waals surface area contributed by atoms with Crippen LogP contribution in [0.4, 0.5) is 0 Å². The lowest BCUT2D eigenvalue weighted by Crippen LogP contribution is -2.43. The minimum atomic E-state index is -3.79. The molecule has 2 rings (SSSR count). The van der Waals surface area contributed by atoms with Gasteiger partial charge in [-0.1, -0.05) is 13.8 Å². The number of nitrogens with zero attached hydrogens (tertiary/aromatic N) is 1. The summed E-state index contributed by atoms with van der Waals surface area (Å²) < 4.78 is 56.8. The topological polar surface area (TPSA) is 80.8 Å². The molecular weight excluding hydrogens is 418 g/mol. The Labute approximate surface area is 152 Å². The Bertz CT molecular complexity index is 805. The first-order valence-corrected chi connectivity index (χ1v) is 11.7. The Morgan fingerprint density at radius 3 is 2.50 bits per heavy atom. The van der Waals surface area contributed by atoms with E-state index in [-0.39, 0.29) is 28.9 Å². The third-order valence-corrected chi connectivity index (χ3v) is 8.17. The van der Waals surface area contributed by atoms with Gasteiger partial charge >= 0.3 is 0 Å². The molecule has 24 heavy (non-hydrogen) atoms. The van der Waals surface area contributed by atoms with Gasteiger partial charge in [0, 0.05) is 12.6 Å². The van der Waals surface area contributed by atoms with Gasteiger partial charge in [-0.2, -0.15) is 4.31 Å². The Balaban J connectivity index is 2.42. The van der Waals surface area contributed by atoms with Gasteiger partial charge in [0.1, 0.15) is 5.75 Å². The summed E-state index contributed by atoms with van der Waals surface area (Å²) in [6.07, 6.45) is 0.339. The first kappa shape index (κ1) is 19.7. The second-order valence-corrected chi connectivity index (χ2v) is 11.3. The number of hydrogen-bond donors (Lipinski definition) is 0. The van der Waals surface area contributed by atoms with Crippen molar-refractivity contribution in [3.05, 3.63) is 22.7 Å². The summed E-state index contributed by atoms with van der Waals surface area (Å²) in [7, 11) is -5.46. The van der Waals surface area contributed by atoms with Gasteiger partial charge in [-0.25, -0.2) is 16.8 Å². The van der Waals surface area contributed by atoms with E-state index in [4.69, 9.17) is 4.74 Å². The third kappa shape index (κ3) is 4.30. The highest BCUT2D eigenvalue weighted by Gasteiger charge is 2.39. The van der Waals surface area contributed by atoms with Crippen LogP contribution in [0.5, 0.6) is 5.75 Å². The van der Waals surface area contributed by atoms with Crippen molar-refractivity contribution in [2.24, 2.45) is 5.92 Å². The zero-order chi connectivity index (χ0) is 18.1. The van der Waals surface area contributed by atoms with Gasteiger partial charge in [0.15, 0.2) is 9.84 Å². The standard InChI is InChI=1S/C15H22BrNO5S2/c1-11(2)9-17(12-6-7-23(18,19)10-12)24(20,21)13-4-5-15(22-3)14(16)8-13/h4-5,8,11-12H,6-7,9-10H2,1-3H3. The van der Waals surface area contributed by atoms with Crippen molar-refractivity contribution >= 4 is 35.8 Å².